The third-order valence-corrected chi connectivity index (χ3v) is 5.19. The second-order valence-corrected chi connectivity index (χ2v) is 7.54. The number of methoxy groups -OCH3 is 1. The van der Waals surface area contributed by atoms with Crippen LogP contribution in [0.3, 0.4) is 0 Å². The van der Waals surface area contributed by atoms with Crippen molar-refractivity contribution in [3.63, 3.8) is 0 Å². The van der Waals surface area contributed by atoms with E-state index in [2.05, 4.69) is 47.2 Å². The minimum atomic E-state index is -0.253. The van der Waals surface area contributed by atoms with Crippen LogP contribution in [-0.2, 0) is 14.1 Å². The molecule has 1 aromatic carbocycles. The number of nitrogens with zero attached hydrogens (tertiary/aromatic N) is 8. The lowest BCUT2D eigenvalue weighted by Gasteiger charge is -2.15. The number of aromatic nitrogens is 8. The summed E-state index contributed by atoms with van der Waals surface area (Å²) in [6.45, 7) is 0. The van der Waals surface area contributed by atoms with E-state index >= 15 is 0 Å². The molecule has 0 unspecified atom stereocenters. The number of anilines is 4. The van der Waals surface area contributed by atoms with Crippen LogP contribution in [-0.4, -0.2) is 47.1 Å². The van der Waals surface area contributed by atoms with Crippen LogP contribution in [0.4, 0.5) is 23.0 Å². The number of hydrogen-bond acceptors (Lipinski definition) is 10. The molecule has 13 nitrogen and oxygen atoms in total. The summed E-state index contributed by atoms with van der Waals surface area (Å²) in [6, 6.07) is 12.4. The number of benzene rings is 1. The smallest absolute Gasteiger partial charge is 0.277 e. The lowest BCUT2D eigenvalue weighted by atomic mass is 10.1. The second kappa shape index (κ2) is 8.60. The van der Waals surface area contributed by atoms with Crippen LogP contribution in [0, 0.1) is 11.3 Å². The Morgan fingerprint density at radius 2 is 1.97 bits per heavy atom. The summed E-state index contributed by atoms with van der Waals surface area (Å²) in [5, 5.41) is 31.1. The predicted octanol–water partition coefficient (Wildman–Crippen LogP) is 2.21. The second-order valence-electron chi connectivity index (χ2n) is 7.54. The maximum absolute atomic E-state index is 12.9. The molecule has 0 saturated carbocycles. The average molecular weight is 469 g/mol. The van der Waals surface area contributed by atoms with Gasteiger partial charge in [-0.15, -0.1) is 10.2 Å². The summed E-state index contributed by atoms with van der Waals surface area (Å²) in [7, 11) is 4.83. The molecule has 0 bridgehead atoms. The Hall–Kier alpha value is -5.25. The zero-order chi connectivity index (χ0) is 24.5. The van der Waals surface area contributed by atoms with E-state index in [9.17, 15) is 4.79 Å². The van der Waals surface area contributed by atoms with E-state index in [4.69, 9.17) is 10.00 Å². The molecule has 0 atom stereocenters. The van der Waals surface area contributed by atoms with Crippen LogP contribution in [0.5, 0.6) is 5.75 Å². The highest BCUT2D eigenvalue weighted by molar-refractivity contribution is 5.94. The summed E-state index contributed by atoms with van der Waals surface area (Å²) in [6.07, 6.45) is 1.53. The first-order valence-electron chi connectivity index (χ1n) is 10.4. The summed E-state index contributed by atoms with van der Waals surface area (Å²) in [5.41, 5.74) is 2.27. The topological polar surface area (TPSA) is 164 Å². The Kier molecular flexibility index (Phi) is 5.30. The molecule has 0 spiro atoms. The molecular weight excluding hydrogens is 450 g/mol. The maximum atomic E-state index is 12.9. The van der Waals surface area contributed by atoms with Gasteiger partial charge < -0.3 is 15.4 Å². The number of aromatic amines is 1. The van der Waals surface area contributed by atoms with Gasteiger partial charge in [-0.05, 0) is 29.5 Å². The van der Waals surface area contributed by atoms with E-state index in [1.54, 1.807) is 39.4 Å². The number of rotatable bonds is 6. The summed E-state index contributed by atoms with van der Waals surface area (Å²) in [5.74, 6) is 1.73. The van der Waals surface area contributed by atoms with Gasteiger partial charge in [-0.3, -0.25) is 14.6 Å². The standard InChI is InChI=1S/C22H19N11O2/c1-32-22(34)18-15(10-17(27-21(18)29-32)26-16-9-12(11-23)7-8-24-16)25-14-6-4-5-13(19(14)35-3)20-28-31-33(2)30-20/h4-10H,1-3H3,(H3,24,25,26,27,29). The van der Waals surface area contributed by atoms with Crippen LogP contribution in [0.25, 0.3) is 22.4 Å². The number of hydrogen-bond donors (Lipinski definition) is 3. The number of pyridine rings is 2. The Labute approximate surface area is 198 Å². The number of aryl methyl sites for hydroxylation is 2. The quantitative estimate of drug-likeness (QED) is 0.336. The van der Waals surface area contributed by atoms with Crippen molar-refractivity contribution >= 4 is 34.0 Å². The maximum Gasteiger partial charge on any atom is 0.277 e. The molecule has 5 rings (SSSR count). The van der Waals surface area contributed by atoms with Crippen molar-refractivity contribution in [3.8, 4) is 23.2 Å². The molecule has 13 heteroatoms. The van der Waals surface area contributed by atoms with Crippen molar-refractivity contribution in [1.82, 2.24) is 40.0 Å². The molecule has 0 fully saturated rings. The molecule has 4 heterocycles. The average Bonchev–Trinajstić information content (AvgIpc) is 3.41. The number of H-pyrrole nitrogens is 1. The molecule has 0 saturated heterocycles. The fourth-order valence-electron chi connectivity index (χ4n) is 3.65. The van der Waals surface area contributed by atoms with Crippen molar-refractivity contribution < 1.29 is 4.74 Å². The van der Waals surface area contributed by atoms with Crippen LogP contribution < -0.4 is 20.9 Å². The van der Waals surface area contributed by atoms with Crippen LogP contribution in [0.1, 0.15) is 5.56 Å². The summed E-state index contributed by atoms with van der Waals surface area (Å²) < 4.78 is 7.01. The molecule has 0 aliphatic heterocycles. The van der Waals surface area contributed by atoms with Gasteiger partial charge in [0.15, 0.2) is 11.4 Å². The fourth-order valence-corrected chi connectivity index (χ4v) is 3.65. The highest BCUT2D eigenvalue weighted by Crippen LogP contribution is 2.37. The van der Waals surface area contributed by atoms with Gasteiger partial charge in [-0.1, -0.05) is 6.07 Å². The van der Waals surface area contributed by atoms with Gasteiger partial charge >= 0.3 is 0 Å². The van der Waals surface area contributed by atoms with Gasteiger partial charge in [0, 0.05) is 19.3 Å². The third kappa shape index (κ3) is 4.00. The molecule has 3 N–H and O–H groups in total. The molecule has 35 heavy (non-hydrogen) atoms. The Morgan fingerprint density at radius 3 is 2.71 bits per heavy atom. The van der Waals surface area contributed by atoms with Crippen LogP contribution in [0.2, 0.25) is 0 Å². The van der Waals surface area contributed by atoms with E-state index in [0.717, 1.165) is 0 Å². The monoisotopic (exact) mass is 469 g/mol. The molecule has 0 radical (unpaired) electrons. The first-order chi connectivity index (χ1) is 17.0. The summed E-state index contributed by atoms with van der Waals surface area (Å²) in [4.78, 5) is 23.0. The number of tetrazole rings is 1. The van der Waals surface area contributed by atoms with Gasteiger partial charge in [0.2, 0.25) is 5.82 Å². The molecule has 4 aromatic heterocycles. The van der Waals surface area contributed by atoms with E-state index in [1.807, 2.05) is 18.2 Å². The number of ether oxygens (including phenoxy) is 1. The predicted molar refractivity (Wildman–Crippen MR) is 128 cm³/mol. The molecule has 174 valence electrons. The summed E-state index contributed by atoms with van der Waals surface area (Å²) >= 11 is 0. The Bertz CT molecular complexity index is 1660. The minimum Gasteiger partial charge on any atom is -0.494 e. The Morgan fingerprint density at radius 1 is 1.11 bits per heavy atom. The number of nitriles is 1. The molecule has 0 amide bonds. The van der Waals surface area contributed by atoms with Gasteiger partial charge in [-0.2, -0.15) is 10.1 Å². The van der Waals surface area contributed by atoms with Gasteiger partial charge in [0.1, 0.15) is 17.0 Å². The third-order valence-electron chi connectivity index (χ3n) is 5.19. The minimum absolute atomic E-state index is 0.253. The van der Waals surface area contributed by atoms with Crippen molar-refractivity contribution in [1.29, 1.82) is 5.26 Å². The van der Waals surface area contributed by atoms with Gasteiger partial charge in [0.05, 0.1) is 42.7 Å². The first kappa shape index (κ1) is 21.6. The first-order valence-corrected chi connectivity index (χ1v) is 10.4. The zero-order valence-corrected chi connectivity index (χ0v) is 18.9. The van der Waals surface area contributed by atoms with Gasteiger partial charge in [-0.25, -0.2) is 9.97 Å². The molecule has 0 aliphatic rings. The van der Waals surface area contributed by atoms with Crippen molar-refractivity contribution in [3.05, 3.63) is 58.5 Å². The van der Waals surface area contributed by atoms with Crippen molar-refractivity contribution in [2.75, 3.05) is 17.7 Å². The van der Waals surface area contributed by atoms with Crippen LogP contribution >= 0.6 is 0 Å². The van der Waals surface area contributed by atoms with E-state index in [-0.39, 0.29) is 5.56 Å². The van der Waals surface area contributed by atoms with Gasteiger partial charge in [0.25, 0.3) is 5.56 Å². The van der Waals surface area contributed by atoms with Crippen molar-refractivity contribution in [2.24, 2.45) is 14.1 Å². The van der Waals surface area contributed by atoms with E-state index < -0.39 is 0 Å². The molecule has 0 aliphatic carbocycles. The lowest BCUT2D eigenvalue weighted by molar-refractivity contribution is 0.418. The largest absolute Gasteiger partial charge is 0.494 e. The molecule has 5 aromatic rings. The SMILES string of the molecule is COc1c(Nc2cc(Nc3cc(C#N)ccn3)nc3[nH]n(C)c(=O)c23)cccc1-c1nnn(C)n1. The van der Waals surface area contributed by atoms with E-state index in [0.29, 0.717) is 56.7 Å². The van der Waals surface area contributed by atoms with Crippen molar-refractivity contribution in [2.45, 2.75) is 0 Å². The number of fused-ring (bicyclic) bond motifs is 1. The number of para-hydroxylation sites is 1. The highest BCUT2D eigenvalue weighted by Gasteiger charge is 2.18. The number of nitrogens with one attached hydrogen (secondary N) is 3. The Balaban J connectivity index is 1.61. The lowest BCUT2D eigenvalue weighted by Crippen LogP contribution is -2.12. The zero-order valence-electron chi connectivity index (χ0n) is 18.9. The highest BCUT2D eigenvalue weighted by atomic mass is 16.5. The molecular formula is C22H19N11O2. The fraction of sp³-hybridized carbons (Fsp3) is 0.136. The van der Waals surface area contributed by atoms with Crippen LogP contribution in [0.15, 0.2) is 47.4 Å². The normalized spacial score (nSPS) is 10.8. The van der Waals surface area contributed by atoms with E-state index in [1.165, 1.54) is 15.7 Å².